The summed E-state index contributed by atoms with van der Waals surface area (Å²) in [7, 11) is 3.15. The average Bonchev–Trinajstić information content (AvgIpc) is 2.53. The van der Waals surface area contributed by atoms with Crippen molar-refractivity contribution in [3.63, 3.8) is 0 Å². The number of carbonyl (C=O) groups is 1. The molecule has 2 rings (SSSR count). The van der Waals surface area contributed by atoms with Gasteiger partial charge in [-0.2, -0.15) is 0 Å². The number of halogens is 1. The Kier molecular flexibility index (Phi) is 5.75. The molecule has 116 valence electrons. The van der Waals surface area contributed by atoms with Gasteiger partial charge in [0.25, 0.3) is 5.91 Å². The summed E-state index contributed by atoms with van der Waals surface area (Å²) >= 11 is 3.43. The van der Waals surface area contributed by atoms with Crippen LogP contribution in [0.1, 0.15) is 22.6 Å². The third-order valence-corrected chi connectivity index (χ3v) is 4.21. The first kappa shape index (κ1) is 16.7. The predicted octanol–water partition coefficient (Wildman–Crippen LogP) is 4.10. The highest BCUT2D eigenvalue weighted by atomic mass is 79.9. The molecular formula is C18H20BrNO2. The molecule has 2 aromatic rings. The van der Waals surface area contributed by atoms with Crippen LogP contribution in [0, 0.1) is 6.92 Å². The standard InChI is InChI=1S/C18H20BrNO2/c1-13-5-4-6-15(11-13)17(18(21)20(2)22-3)12-14-7-9-16(19)10-8-14/h4-11,17H,12H2,1-3H3/t17-/m0/s1. The van der Waals surface area contributed by atoms with Gasteiger partial charge in [0.05, 0.1) is 13.0 Å². The Morgan fingerprint density at radius 3 is 2.50 bits per heavy atom. The number of benzene rings is 2. The lowest BCUT2D eigenvalue weighted by molar-refractivity contribution is -0.170. The minimum Gasteiger partial charge on any atom is -0.275 e. The summed E-state index contributed by atoms with van der Waals surface area (Å²) in [5.41, 5.74) is 3.27. The summed E-state index contributed by atoms with van der Waals surface area (Å²) in [6, 6.07) is 16.1. The Balaban J connectivity index is 2.32. The SMILES string of the molecule is CON(C)C(=O)[C@@H](Cc1ccc(Br)cc1)c1cccc(C)c1. The summed E-state index contributed by atoms with van der Waals surface area (Å²) in [6.07, 6.45) is 0.642. The molecule has 0 aliphatic carbocycles. The topological polar surface area (TPSA) is 29.5 Å². The number of hydrogen-bond donors (Lipinski definition) is 0. The molecule has 1 atom stereocenters. The number of aryl methyl sites for hydroxylation is 1. The molecule has 4 heteroatoms. The Hall–Kier alpha value is -1.65. The number of hydrogen-bond acceptors (Lipinski definition) is 2. The fourth-order valence-corrected chi connectivity index (χ4v) is 2.66. The summed E-state index contributed by atoms with van der Waals surface area (Å²) in [5.74, 6) is -0.304. The molecule has 0 saturated carbocycles. The van der Waals surface area contributed by atoms with Crippen LogP contribution in [0.3, 0.4) is 0 Å². The van der Waals surface area contributed by atoms with Crippen molar-refractivity contribution in [2.45, 2.75) is 19.3 Å². The molecule has 0 unspecified atom stereocenters. The van der Waals surface area contributed by atoms with Gasteiger partial charge in [0.15, 0.2) is 0 Å². The van der Waals surface area contributed by atoms with Crippen molar-refractivity contribution in [1.82, 2.24) is 5.06 Å². The lowest BCUT2D eigenvalue weighted by Crippen LogP contribution is -2.32. The molecule has 0 spiro atoms. The number of rotatable bonds is 5. The zero-order valence-electron chi connectivity index (χ0n) is 13.0. The molecule has 0 aliphatic heterocycles. The van der Waals surface area contributed by atoms with Gasteiger partial charge in [-0.05, 0) is 36.6 Å². The van der Waals surface area contributed by atoms with Crippen molar-refractivity contribution < 1.29 is 9.63 Å². The second-order valence-electron chi connectivity index (χ2n) is 5.32. The fourth-order valence-electron chi connectivity index (χ4n) is 2.40. The van der Waals surface area contributed by atoms with Crippen LogP contribution in [0.5, 0.6) is 0 Å². The number of likely N-dealkylation sites (N-methyl/N-ethyl adjacent to an activating group) is 1. The van der Waals surface area contributed by atoms with E-state index in [1.165, 1.54) is 12.2 Å². The van der Waals surface area contributed by atoms with E-state index < -0.39 is 0 Å². The highest BCUT2D eigenvalue weighted by Crippen LogP contribution is 2.25. The number of amides is 1. The molecule has 3 nitrogen and oxygen atoms in total. The predicted molar refractivity (Wildman–Crippen MR) is 91.5 cm³/mol. The Labute approximate surface area is 140 Å². The molecule has 0 bridgehead atoms. The lowest BCUT2D eigenvalue weighted by atomic mass is 9.90. The summed E-state index contributed by atoms with van der Waals surface area (Å²) in [4.78, 5) is 17.7. The summed E-state index contributed by atoms with van der Waals surface area (Å²) in [5, 5.41) is 1.30. The molecule has 0 heterocycles. The molecule has 2 aromatic carbocycles. The Morgan fingerprint density at radius 2 is 1.91 bits per heavy atom. The van der Waals surface area contributed by atoms with Gasteiger partial charge >= 0.3 is 0 Å². The normalized spacial score (nSPS) is 12.0. The van der Waals surface area contributed by atoms with Gasteiger partial charge in [-0.15, -0.1) is 0 Å². The Bertz CT molecular complexity index is 640. The summed E-state index contributed by atoms with van der Waals surface area (Å²) in [6.45, 7) is 2.03. The first-order valence-electron chi connectivity index (χ1n) is 7.14. The van der Waals surface area contributed by atoms with Crippen molar-refractivity contribution in [1.29, 1.82) is 0 Å². The molecule has 0 N–H and O–H groups in total. The zero-order valence-corrected chi connectivity index (χ0v) is 14.6. The van der Waals surface area contributed by atoms with E-state index in [9.17, 15) is 4.79 Å². The van der Waals surface area contributed by atoms with E-state index >= 15 is 0 Å². The van der Waals surface area contributed by atoms with Gasteiger partial charge in [-0.1, -0.05) is 57.9 Å². The van der Waals surface area contributed by atoms with Crippen LogP contribution in [0.25, 0.3) is 0 Å². The van der Waals surface area contributed by atoms with Crippen LogP contribution in [0.15, 0.2) is 53.0 Å². The van der Waals surface area contributed by atoms with Crippen LogP contribution in [-0.2, 0) is 16.1 Å². The monoisotopic (exact) mass is 361 g/mol. The van der Waals surface area contributed by atoms with E-state index in [4.69, 9.17) is 4.84 Å². The molecular weight excluding hydrogens is 342 g/mol. The minimum absolute atomic E-state index is 0.0454. The largest absolute Gasteiger partial charge is 0.275 e. The van der Waals surface area contributed by atoms with Crippen molar-refractivity contribution in [3.8, 4) is 0 Å². The first-order chi connectivity index (χ1) is 10.5. The van der Waals surface area contributed by atoms with Crippen LogP contribution < -0.4 is 0 Å². The maximum atomic E-state index is 12.6. The zero-order chi connectivity index (χ0) is 16.1. The maximum Gasteiger partial charge on any atom is 0.253 e. The third kappa shape index (κ3) is 4.18. The van der Waals surface area contributed by atoms with E-state index in [0.717, 1.165) is 21.2 Å². The van der Waals surface area contributed by atoms with Crippen molar-refractivity contribution in [2.24, 2.45) is 0 Å². The van der Waals surface area contributed by atoms with Gasteiger partial charge in [0, 0.05) is 11.5 Å². The van der Waals surface area contributed by atoms with Gasteiger partial charge in [0.2, 0.25) is 0 Å². The molecule has 0 aliphatic rings. The van der Waals surface area contributed by atoms with Crippen LogP contribution in [0.2, 0.25) is 0 Å². The van der Waals surface area contributed by atoms with Gasteiger partial charge in [-0.3, -0.25) is 9.63 Å². The van der Waals surface area contributed by atoms with Gasteiger partial charge in [0.1, 0.15) is 0 Å². The quantitative estimate of drug-likeness (QED) is 0.750. The van der Waals surface area contributed by atoms with E-state index in [2.05, 4.69) is 22.0 Å². The van der Waals surface area contributed by atoms with Crippen molar-refractivity contribution in [3.05, 3.63) is 69.7 Å². The minimum atomic E-state index is -0.258. The second-order valence-corrected chi connectivity index (χ2v) is 6.23. The molecule has 0 fully saturated rings. The highest BCUT2D eigenvalue weighted by molar-refractivity contribution is 9.10. The summed E-state index contributed by atoms with van der Waals surface area (Å²) < 4.78 is 1.03. The molecule has 22 heavy (non-hydrogen) atoms. The third-order valence-electron chi connectivity index (χ3n) is 3.68. The second kappa shape index (κ2) is 7.56. The molecule has 0 saturated heterocycles. The molecule has 1 amide bonds. The smallest absolute Gasteiger partial charge is 0.253 e. The van der Waals surface area contributed by atoms with E-state index in [-0.39, 0.29) is 11.8 Å². The van der Waals surface area contributed by atoms with Crippen molar-refractivity contribution >= 4 is 21.8 Å². The maximum absolute atomic E-state index is 12.6. The number of hydroxylamine groups is 2. The number of nitrogens with zero attached hydrogens (tertiary/aromatic N) is 1. The van der Waals surface area contributed by atoms with Gasteiger partial charge in [-0.25, -0.2) is 5.06 Å². The number of carbonyl (C=O) groups excluding carboxylic acids is 1. The average molecular weight is 362 g/mol. The van der Waals surface area contributed by atoms with E-state index in [0.29, 0.717) is 6.42 Å². The van der Waals surface area contributed by atoms with Crippen LogP contribution in [-0.4, -0.2) is 25.1 Å². The lowest BCUT2D eigenvalue weighted by Gasteiger charge is -2.22. The van der Waals surface area contributed by atoms with E-state index in [1.807, 2.05) is 49.4 Å². The van der Waals surface area contributed by atoms with Gasteiger partial charge < -0.3 is 0 Å². The molecule has 0 radical (unpaired) electrons. The Morgan fingerprint density at radius 1 is 1.23 bits per heavy atom. The highest BCUT2D eigenvalue weighted by Gasteiger charge is 2.24. The first-order valence-corrected chi connectivity index (χ1v) is 7.93. The van der Waals surface area contributed by atoms with Crippen molar-refractivity contribution in [2.75, 3.05) is 14.2 Å². The van der Waals surface area contributed by atoms with Crippen LogP contribution >= 0.6 is 15.9 Å². The van der Waals surface area contributed by atoms with E-state index in [1.54, 1.807) is 7.05 Å². The van der Waals surface area contributed by atoms with Crippen LogP contribution in [0.4, 0.5) is 0 Å². The fraction of sp³-hybridized carbons (Fsp3) is 0.278. The molecule has 0 aromatic heterocycles.